The molecule has 0 saturated heterocycles. The van der Waals surface area contributed by atoms with E-state index >= 15 is 0 Å². The minimum atomic E-state index is -0.364. The summed E-state index contributed by atoms with van der Waals surface area (Å²) in [5.41, 5.74) is 0. The van der Waals surface area contributed by atoms with E-state index in [0.29, 0.717) is 6.54 Å². The van der Waals surface area contributed by atoms with Crippen LogP contribution in [0.15, 0.2) is 24.3 Å². The summed E-state index contributed by atoms with van der Waals surface area (Å²) in [5, 5.41) is 14.1. The second-order valence-electron chi connectivity index (χ2n) is 3.74. The molecule has 18 heavy (non-hydrogen) atoms. The number of hydrogen-bond donors (Lipinski definition) is 1. The molecule has 1 N–H and O–H groups in total. The fraction of sp³-hybridized carbons (Fsp3) is 0.273. The maximum absolute atomic E-state index is 10.6. The number of nitro groups is 1. The number of halogens is 1. The van der Waals surface area contributed by atoms with E-state index in [9.17, 15) is 10.1 Å². The van der Waals surface area contributed by atoms with Crippen molar-refractivity contribution in [1.29, 1.82) is 0 Å². The largest absolute Gasteiger partial charge is 0.324 e. The van der Waals surface area contributed by atoms with Gasteiger partial charge in [-0.3, -0.25) is 10.1 Å². The summed E-state index contributed by atoms with van der Waals surface area (Å²) < 4.78 is 0.769. The zero-order valence-electron chi connectivity index (χ0n) is 9.55. The van der Waals surface area contributed by atoms with Crippen molar-refractivity contribution in [2.75, 3.05) is 0 Å². The van der Waals surface area contributed by atoms with Gasteiger partial charge in [0.05, 0.1) is 9.26 Å². The van der Waals surface area contributed by atoms with Crippen LogP contribution in [-0.2, 0) is 6.54 Å². The highest BCUT2D eigenvalue weighted by Crippen LogP contribution is 2.28. The zero-order chi connectivity index (χ0) is 13.1. The molecule has 0 spiro atoms. The first-order valence-corrected chi connectivity index (χ1v) is 7.29. The molecule has 0 radical (unpaired) electrons. The van der Waals surface area contributed by atoms with Gasteiger partial charge in [0.1, 0.15) is 0 Å². The lowest BCUT2D eigenvalue weighted by Crippen LogP contribution is -2.16. The van der Waals surface area contributed by atoms with Gasteiger partial charge in [0.2, 0.25) is 0 Å². The Morgan fingerprint density at radius 2 is 2.17 bits per heavy atom. The third kappa shape index (κ3) is 3.29. The summed E-state index contributed by atoms with van der Waals surface area (Å²) in [6.07, 6.45) is 0. The van der Waals surface area contributed by atoms with Crippen molar-refractivity contribution in [2.45, 2.75) is 19.5 Å². The fourth-order valence-corrected chi connectivity index (χ4v) is 3.33. The third-order valence-electron chi connectivity index (χ3n) is 2.43. The SMILES string of the molecule is CC(NCc1ccc([N+](=O)[O-])s1)c1ccc(Cl)s1. The first-order chi connectivity index (χ1) is 8.56. The van der Waals surface area contributed by atoms with Crippen LogP contribution in [0.25, 0.3) is 0 Å². The predicted octanol–water partition coefficient (Wildman–Crippen LogP) is 4.22. The Balaban J connectivity index is 1.92. The molecule has 0 fully saturated rings. The lowest BCUT2D eigenvalue weighted by molar-refractivity contribution is -0.380. The molecule has 0 aliphatic rings. The summed E-state index contributed by atoms with van der Waals surface area (Å²) in [7, 11) is 0. The van der Waals surface area contributed by atoms with Gasteiger partial charge >= 0.3 is 5.00 Å². The van der Waals surface area contributed by atoms with Crippen molar-refractivity contribution in [2.24, 2.45) is 0 Å². The van der Waals surface area contributed by atoms with Crippen molar-refractivity contribution in [3.05, 3.63) is 48.5 Å². The third-order valence-corrected chi connectivity index (χ3v) is 4.88. The minimum Gasteiger partial charge on any atom is -0.305 e. The van der Waals surface area contributed by atoms with Crippen molar-refractivity contribution in [3.63, 3.8) is 0 Å². The Kier molecular flexibility index (Phi) is 4.34. The molecule has 7 heteroatoms. The summed E-state index contributed by atoms with van der Waals surface area (Å²) >= 11 is 8.62. The van der Waals surface area contributed by atoms with E-state index in [1.54, 1.807) is 6.07 Å². The molecule has 2 heterocycles. The Morgan fingerprint density at radius 3 is 2.72 bits per heavy atom. The number of nitrogens with one attached hydrogen (secondary N) is 1. The van der Waals surface area contributed by atoms with Crippen LogP contribution in [0.1, 0.15) is 22.7 Å². The van der Waals surface area contributed by atoms with Gasteiger partial charge in [0.25, 0.3) is 0 Å². The molecule has 2 rings (SSSR count). The highest BCUT2D eigenvalue weighted by Gasteiger charge is 2.11. The second-order valence-corrected chi connectivity index (χ2v) is 6.63. The Labute approximate surface area is 117 Å². The number of hydrogen-bond acceptors (Lipinski definition) is 5. The van der Waals surface area contributed by atoms with Gasteiger partial charge in [-0.15, -0.1) is 11.3 Å². The van der Waals surface area contributed by atoms with E-state index in [1.165, 1.54) is 28.7 Å². The topological polar surface area (TPSA) is 55.2 Å². The standard InChI is InChI=1S/C11H11ClN2O2S2/c1-7(9-3-4-10(12)18-9)13-6-8-2-5-11(17-8)14(15)16/h2-5,7,13H,6H2,1H3. The lowest BCUT2D eigenvalue weighted by atomic mass is 10.3. The Bertz CT molecular complexity index is 553. The van der Waals surface area contributed by atoms with Gasteiger partial charge in [-0.2, -0.15) is 0 Å². The lowest BCUT2D eigenvalue weighted by Gasteiger charge is -2.10. The van der Waals surface area contributed by atoms with Crippen LogP contribution in [0.2, 0.25) is 4.34 Å². The molecule has 0 amide bonds. The van der Waals surface area contributed by atoms with Crippen LogP contribution >= 0.6 is 34.3 Å². The Morgan fingerprint density at radius 1 is 1.39 bits per heavy atom. The van der Waals surface area contributed by atoms with Crippen LogP contribution in [0.4, 0.5) is 5.00 Å². The monoisotopic (exact) mass is 302 g/mol. The molecule has 1 atom stereocenters. The maximum Gasteiger partial charge on any atom is 0.324 e. The average molecular weight is 303 g/mol. The molecule has 2 aromatic heterocycles. The fourth-order valence-electron chi connectivity index (χ4n) is 1.48. The number of nitrogens with zero attached hydrogens (tertiary/aromatic N) is 1. The zero-order valence-corrected chi connectivity index (χ0v) is 11.9. The minimum absolute atomic E-state index is 0.179. The number of rotatable bonds is 5. The van der Waals surface area contributed by atoms with E-state index in [-0.39, 0.29) is 16.0 Å². The molecular weight excluding hydrogens is 292 g/mol. The second kappa shape index (κ2) is 5.79. The molecule has 0 saturated carbocycles. The average Bonchev–Trinajstić information content (AvgIpc) is 2.94. The van der Waals surface area contributed by atoms with Gasteiger partial charge in [-0.25, -0.2) is 0 Å². The van der Waals surface area contributed by atoms with Gasteiger partial charge in [0.15, 0.2) is 0 Å². The van der Waals surface area contributed by atoms with Crippen LogP contribution in [-0.4, -0.2) is 4.92 Å². The van der Waals surface area contributed by atoms with Crippen molar-refractivity contribution < 1.29 is 4.92 Å². The summed E-state index contributed by atoms with van der Waals surface area (Å²) in [5.74, 6) is 0. The first-order valence-electron chi connectivity index (χ1n) is 5.28. The predicted molar refractivity (Wildman–Crippen MR) is 75.6 cm³/mol. The smallest absolute Gasteiger partial charge is 0.305 e. The van der Waals surface area contributed by atoms with Gasteiger partial charge in [-0.05, 0) is 25.1 Å². The van der Waals surface area contributed by atoms with E-state index in [2.05, 4.69) is 5.32 Å². The van der Waals surface area contributed by atoms with Crippen molar-refractivity contribution >= 4 is 39.3 Å². The van der Waals surface area contributed by atoms with Crippen LogP contribution in [0, 0.1) is 10.1 Å². The molecule has 0 aromatic carbocycles. The van der Waals surface area contributed by atoms with E-state index in [1.807, 2.05) is 19.1 Å². The quantitative estimate of drug-likeness (QED) is 0.664. The summed E-state index contributed by atoms with van der Waals surface area (Å²) in [6.45, 7) is 2.67. The van der Waals surface area contributed by atoms with Gasteiger partial charge < -0.3 is 5.32 Å². The highest BCUT2D eigenvalue weighted by atomic mass is 35.5. The molecule has 0 bridgehead atoms. The van der Waals surface area contributed by atoms with Crippen LogP contribution in [0.5, 0.6) is 0 Å². The molecule has 96 valence electrons. The highest BCUT2D eigenvalue weighted by molar-refractivity contribution is 7.16. The normalized spacial score (nSPS) is 12.6. The van der Waals surface area contributed by atoms with Gasteiger partial charge in [-0.1, -0.05) is 22.9 Å². The van der Waals surface area contributed by atoms with Gasteiger partial charge in [0, 0.05) is 28.4 Å². The maximum atomic E-state index is 10.6. The van der Waals surface area contributed by atoms with E-state index in [4.69, 9.17) is 11.6 Å². The first kappa shape index (κ1) is 13.5. The molecular formula is C11H11ClN2O2S2. The molecule has 1 unspecified atom stereocenters. The molecule has 0 aliphatic heterocycles. The summed E-state index contributed by atoms with van der Waals surface area (Å²) in [4.78, 5) is 12.3. The van der Waals surface area contributed by atoms with Crippen LogP contribution < -0.4 is 5.32 Å². The Hall–Kier alpha value is -0.950. The van der Waals surface area contributed by atoms with Crippen molar-refractivity contribution in [3.8, 4) is 0 Å². The van der Waals surface area contributed by atoms with E-state index in [0.717, 1.165) is 14.1 Å². The molecule has 4 nitrogen and oxygen atoms in total. The van der Waals surface area contributed by atoms with Crippen molar-refractivity contribution in [1.82, 2.24) is 5.32 Å². The molecule has 2 aromatic rings. The van der Waals surface area contributed by atoms with E-state index < -0.39 is 0 Å². The molecule has 0 aliphatic carbocycles. The van der Waals surface area contributed by atoms with Crippen LogP contribution in [0.3, 0.4) is 0 Å². The summed E-state index contributed by atoms with van der Waals surface area (Å²) in [6, 6.07) is 7.36. The number of thiophene rings is 2.